The third kappa shape index (κ3) is 5.35. The Kier molecular flexibility index (Phi) is 7.45. The van der Waals surface area contributed by atoms with E-state index < -0.39 is 16.0 Å². The van der Waals surface area contributed by atoms with Gasteiger partial charge in [0.2, 0.25) is 0 Å². The zero-order valence-corrected chi connectivity index (χ0v) is 21.6. The van der Waals surface area contributed by atoms with Crippen molar-refractivity contribution in [3.05, 3.63) is 96.5 Å². The zero-order valence-electron chi connectivity index (χ0n) is 20.8. The molecule has 4 rings (SSSR count). The van der Waals surface area contributed by atoms with E-state index in [1.165, 1.54) is 24.8 Å². The van der Waals surface area contributed by atoms with Gasteiger partial charge in [0.25, 0.3) is 10.0 Å². The second-order valence-electron chi connectivity index (χ2n) is 8.54. The number of fused-ring (bicyclic) bond motifs is 1. The van der Waals surface area contributed by atoms with Crippen LogP contribution in [0.5, 0.6) is 5.75 Å². The molecule has 0 unspecified atom stereocenters. The first-order chi connectivity index (χ1) is 18.1. The number of carbonyl (C=O) groups is 1. The summed E-state index contributed by atoms with van der Waals surface area (Å²) in [6.45, 7) is 5.52. The first kappa shape index (κ1) is 26.4. The van der Waals surface area contributed by atoms with Gasteiger partial charge in [-0.3, -0.25) is 9.79 Å². The molecule has 194 valence electrons. The number of carboxylic acid groups (broad SMARTS) is 1. The van der Waals surface area contributed by atoms with Crippen LogP contribution >= 0.6 is 0 Å². The number of carboxylic acids is 1. The average molecular weight is 531 g/mol. The van der Waals surface area contributed by atoms with Gasteiger partial charge in [-0.05, 0) is 36.8 Å². The summed E-state index contributed by atoms with van der Waals surface area (Å²) in [5, 5.41) is 9.39. The summed E-state index contributed by atoms with van der Waals surface area (Å²) in [5.74, 6) is -0.447. The maximum absolute atomic E-state index is 13.6. The van der Waals surface area contributed by atoms with E-state index >= 15 is 0 Å². The highest BCUT2D eigenvalue weighted by atomic mass is 32.2. The van der Waals surface area contributed by atoms with Crippen LogP contribution in [0.25, 0.3) is 27.9 Å². The van der Waals surface area contributed by atoms with Crippen molar-refractivity contribution in [2.45, 2.75) is 18.2 Å². The number of methoxy groups -OCH3 is 1. The lowest BCUT2D eigenvalue weighted by atomic mass is 10.0. The van der Waals surface area contributed by atoms with Gasteiger partial charge in [0.1, 0.15) is 5.75 Å². The number of aliphatic carboxylic acids is 1. The summed E-state index contributed by atoms with van der Waals surface area (Å²) >= 11 is 0. The van der Waals surface area contributed by atoms with Gasteiger partial charge in [-0.1, -0.05) is 42.5 Å². The number of ether oxygens (including phenoxy) is 1. The molecule has 0 amide bonds. The Bertz CT molecular complexity index is 1700. The van der Waals surface area contributed by atoms with Crippen LogP contribution in [-0.2, 0) is 14.8 Å². The molecule has 9 nitrogen and oxygen atoms in total. The normalized spacial score (nSPS) is 12.2. The van der Waals surface area contributed by atoms with E-state index in [0.717, 1.165) is 9.54 Å². The number of nitrogens with zero attached hydrogens (tertiary/aromatic N) is 3. The Morgan fingerprint density at radius 2 is 1.89 bits per heavy atom. The standard InChI is InChI=1S/C28H26N4O5S/c1-18-8-10-21(11-9-18)38(35,36)32-17-24(22-6-4-5-7-26(22)37-3)23-13-20(15-31-28(23)32)25(29)16-30-14-19(2)12-27(33)34/h4-11,13-17H,2,12,29H2,1,3H3,(H,33,34)/b25-16-,30-14-. The molecule has 2 aromatic carbocycles. The van der Waals surface area contributed by atoms with Crippen molar-refractivity contribution in [1.29, 1.82) is 0 Å². The van der Waals surface area contributed by atoms with Crippen molar-refractivity contribution in [3.8, 4) is 16.9 Å². The van der Waals surface area contributed by atoms with Gasteiger partial charge in [0.15, 0.2) is 5.65 Å². The number of para-hydroxylation sites is 1. The summed E-state index contributed by atoms with van der Waals surface area (Å²) < 4.78 is 34.0. The Hall–Kier alpha value is -4.70. The lowest BCUT2D eigenvalue weighted by Gasteiger charge is -2.08. The third-order valence-electron chi connectivity index (χ3n) is 5.77. The van der Waals surface area contributed by atoms with Gasteiger partial charge >= 0.3 is 5.97 Å². The zero-order chi connectivity index (χ0) is 27.4. The topological polar surface area (TPSA) is 137 Å². The van der Waals surface area contributed by atoms with Crippen LogP contribution in [0.2, 0.25) is 0 Å². The molecule has 38 heavy (non-hydrogen) atoms. The predicted molar refractivity (Wildman–Crippen MR) is 148 cm³/mol. The van der Waals surface area contributed by atoms with Crippen LogP contribution in [0, 0.1) is 6.92 Å². The molecule has 0 atom stereocenters. The quantitative estimate of drug-likeness (QED) is 0.301. The van der Waals surface area contributed by atoms with Crippen LogP contribution in [-0.4, -0.2) is 41.8 Å². The number of rotatable bonds is 9. The van der Waals surface area contributed by atoms with Gasteiger partial charge in [0.05, 0.1) is 30.3 Å². The Morgan fingerprint density at radius 1 is 1.18 bits per heavy atom. The molecule has 3 N–H and O–H groups in total. The van der Waals surface area contributed by atoms with E-state index in [9.17, 15) is 13.2 Å². The Morgan fingerprint density at radius 3 is 2.58 bits per heavy atom. The molecule has 0 saturated carbocycles. The van der Waals surface area contributed by atoms with Crippen LogP contribution in [0.3, 0.4) is 0 Å². The van der Waals surface area contributed by atoms with Gasteiger partial charge in [0, 0.05) is 40.7 Å². The van der Waals surface area contributed by atoms with E-state index in [1.54, 1.807) is 43.5 Å². The maximum atomic E-state index is 13.6. The van der Waals surface area contributed by atoms with Gasteiger partial charge in [-0.25, -0.2) is 17.4 Å². The van der Waals surface area contributed by atoms with Crippen LogP contribution in [0.1, 0.15) is 17.5 Å². The van der Waals surface area contributed by atoms with Crippen LogP contribution < -0.4 is 10.5 Å². The first-order valence-corrected chi connectivity index (χ1v) is 12.9. The number of benzene rings is 2. The van der Waals surface area contributed by atoms with E-state index in [-0.39, 0.29) is 22.7 Å². The molecule has 4 aromatic rings. The molecule has 0 spiro atoms. The second kappa shape index (κ2) is 10.7. The molecule has 0 radical (unpaired) electrons. The number of aromatic nitrogens is 2. The minimum absolute atomic E-state index is 0.132. The highest BCUT2D eigenvalue weighted by molar-refractivity contribution is 7.90. The molecular formula is C28H26N4O5S. The van der Waals surface area contributed by atoms with Crippen molar-refractivity contribution in [3.63, 3.8) is 0 Å². The van der Waals surface area contributed by atoms with Gasteiger partial charge in [-0.2, -0.15) is 0 Å². The Balaban J connectivity index is 1.88. The lowest BCUT2D eigenvalue weighted by Crippen LogP contribution is -2.12. The van der Waals surface area contributed by atoms with Crippen LogP contribution in [0.15, 0.2) is 95.2 Å². The van der Waals surface area contributed by atoms with Crippen molar-refractivity contribution in [2.75, 3.05) is 7.11 Å². The molecule has 2 heterocycles. The van der Waals surface area contributed by atoms with Crippen molar-refractivity contribution in [2.24, 2.45) is 10.7 Å². The highest BCUT2D eigenvalue weighted by Gasteiger charge is 2.24. The van der Waals surface area contributed by atoms with E-state index in [2.05, 4.69) is 16.6 Å². The molecule has 0 saturated heterocycles. The number of aliphatic imine (C=N–C) groups is 1. The summed E-state index contributed by atoms with van der Waals surface area (Å²) in [6, 6.07) is 15.6. The minimum atomic E-state index is -3.97. The monoisotopic (exact) mass is 530 g/mol. The molecule has 0 aliphatic rings. The molecule has 0 aliphatic heterocycles. The predicted octanol–water partition coefficient (Wildman–Crippen LogP) is 4.62. The molecule has 0 aliphatic carbocycles. The first-order valence-electron chi connectivity index (χ1n) is 11.5. The molecule has 0 fully saturated rings. The van der Waals surface area contributed by atoms with E-state index in [1.807, 2.05) is 25.1 Å². The fourth-order valence-electron chi connectivity index (χ4n) is 3.86. The van der Waals surface area contributed by atoms with Crippen molar-refractivity contribution >= 4 is 38.9 Å². The highest BCUT2D eigenvalue weighted by Crippen LogP contribution is 2.37. The lowest BCUT2D eigenvalue weighted by molar-refractivity contribution is -0.136. The summed E-state index contributed by atoms with van der Waals surface area (Å²) in [4.78, 5) is 19.5. The Labute approximate surface area is 220 Å². The maximum Gasteiger partial charge on any atom is 0.307 e. The molecular weight excluding hydrogens is 504 g/mol. The number of hydrogen-bond donors (Lipinski definition) is 2. The molecule has 0 bridgehead atoms. The third-order valence-corrected chi connectivity index (χ3v) is 7.43. The number of hydrogen-bond acceptors (Lipinski definition) is 7. The number of nitrogens with two attached hydrogens (primary N) is 1. The van der Waals surface area contributed by atoms with Gasteiger partial charge in [-0.15, -0.1) is 0 Å². The van der Waals surface area contributed by atoms with E-state index in [4.69, 9.17) is 15.6 Å². The summed E-state index contributed by atoms with van der Waals surface area (Å²) in [6.07, 6.45) is 5.43. The van der Waals surface area contributed by atoms with Crippen molar-refractivity contribution in [1.82, 2.24) is 8.96 Å². The fourth-order valence-corrected chi connectivity index (χ4v) is 5.19. The molecule has 2 aromatic heterocycles. The summed E-state index contributed by atoms with van der Waals surface area (Å²) in [7, 11) is -2.43. The smallest absolute Gasteiger partial charge is 0.307 e. The van der Waals surface area contributed by atoms with Crippen LogP contribution in [0.4, 0.5) is 0 Å². The SMILES string of the molecule is C=C(/C=N\C=C(/N)c1cnc2c(c1)c(-c1ccccc1OC)cn2S(=O)(=O)c1ccc(C)cc1)CC(=O)O. The second-order valence-corrected chi connectivity index (χ2v) is 10.4. The minimum Gasteiger partial charge on any atom is -0.496 e. The summed E-state index contributed by atoms with van der Waals surface area (Å²) in [5.41, 5.74) is 9.73. The molecule has 10 heteroatoms. The fraction of sp³-hybridized carbons (Fsp3) is 0.107. The van der Waals surface area contributed by atoms with Crippen molar-refractivity contribution < 1.29 is 23.1 Å². The number of pyridine rings is 1. The van der Waals surface area contributed by atoms with Gasteiger partial charge < -0.3 is 15.6 Å². The number of aryl methyl sites for hydroxylation is 1. The van der Waals surface area contributed by atoms with E-state index in [0.29, 0.717) is 33.4 Å². The average Bonchev–Trinajstić information content (AvgIpc) is 3.28. The largest absolute Gasteiger partial charge is 0.496 e.